The Hall–Kier alpha value is -1.51. The highest BCUT2D eigenvalue weighted by Gasteiger charge is 2.30. The Morgan fingerprint density at radius 1 is 1.42 bits per heavy atom. The van der Waals surface area contributed by atoms with Crippen molar-refractivity contribution in [3.8, 4) is 0 Å². The molecule has 104 valence electrons. The Balaban J connectivity index is 2.16. The van der Waals surface area contributed by atoms with Crippen LogP contribution in [0.2, 0.25) is 0 Å². The van der Waals surface area contributed by atoms with Gasteiger partial charge in [0.2, 0.25) is 5.91 Å². The van der Waals surface area contributed by atoms with Crippen molar-refractivity contribution in [1.82, 2.24) is 0 Å². The Morgan fingerprint density at radius 2 is 2.11 bits per heavy atom. The minimum atomic E-state index is 0.153. The summed E-state index contributed by atoms with van der Waals surface area (Å²) in [6.45, 7) is 9.44. The van der Waals surface area contributed by atoms with Crippen LogP contribution in [0.5, 0.6) is 0 Å². The summed E-state index contributed by atoms with van der Waals surface area (Å²) in [5, 5.41) is 0. The second-order valence-electron chi connectivity index (χ2n) is 6.62. The molecule has 1 heterocycles. The molecule has 0 saturated heterocycles. The van der Waals surface area contributed by atoms with E-state index in [0.29, 0.717) is 18.0 Å². The minimum absolute atomic E-state index is 0.153. The first-order valence-corrected chi connectivity index (χ1v) is 6.98. The highest BCUT2D eigenvalue weighted by atomic mass is 16.2. The highest BCUT2D eigenvalue weighted by molar-refractivity contribution is 5.98. The number of para-hydroxylation sites is 1. The highest BCUT2D eigenvalue weighted by Crippen LogP contribution is 2.36. The number of carbonyl (C=O) groups is 1. The van der Waals surface area contributed by atoms with Crippen LogP contribution in [0.4, 0.5) is 11.4 Å². The van der Waals surface area contributed by atoms with Gasteiger partial charge in [-0.2, -0.15) is 0 Å². The lowest BCUT2D eigenvalue weighted by Gasteiger charge is -2.29. The molecule has 0 radical (unpaired) electrons. The standard InChI is InChI=1S/C16H24N2O/c1-11(16(2,3)4)10-14(19)18-9-8-12-6-5-7-13(17)15(12)18/h5-7,11H,8-10,17H2,1-4H3. The molecule has 1 atom stereocenters. The van der Waals surface area contributed by atoms with Crippen LogP contribution in [-0.2, 0) is 11.2 Å². The van der Waals surface area contributed by atoms with Gasteiger partial charge in [0.15, 0.2) is 0 Å². The first kappa shape index (κ1) is 13.9. The lowest BCUT2D eigenvalue weighted by Crippen LogP contribution is -2.33. The number of nitrogen functional groups attached to an aromatic ring is 1. The molecule has 1 unspecified atom stereocenters. The van der Waals surface area contributed by atoms with Crippen LogP contribution in [0.15, 0.2) is 18.2 Å². The number of hydrogen-bond donors (Lipinski definition) is 1. The molecule has 0 fully saturated rings. The summed E-state index contributed by atoms with van der Waals surface area (Å²) in [4.78, 5) is 14.4. The molecule has 1 aromatic rings. The van der Waals surface area contributed by atoms with Crippen molar-refractivity contribution >= 4 is 17.3 Å². The average molecular weight is 260 g/mol. The average Bonchev–Trinajstić information content (AvgIpc) is 2.72. The molecular formula is C16H24N2O. The summed E-state index contributed by atoms with van der Waals surface area (Å²) in [7, 11) is 0. The zero-order valence-electron chi connectivity index (χ0n) is 12.4. The van der Waals surface area contributed by atoms with E-state index < -0.39 is 0 Å². The first-order chi connectivity index (χ1) is 8.80. The van der Waals surface area contributed by atoms with Crippen molar-refractivity contribution in [3.63, 3.8) is 0 Å². The molecule has 3 nitrogen and oxygen atoms in total. The molecule has 0 spiro atoms. The summed E-state index contributed by atoms with van der Waals surface area (Å²) in [5.74, 6) is 0.549. The minimum Gasteiger partial charge on any atom is -0.397 e. The quantitative estimate of drug-likeness (QED) is 0.830. The number of nitrogens with two attached hydrogens (primary N) is 1. The van der Waals surface area contributed by atoms with Crippen LogP contribution < -0.4 is 10.6 Å². The molecule has 3 heteroatoms. The third-order valence-corrected chi connectivity index (χ3v) is 4.29. The van der Waals surface area contributed by atoms with Crippen molar-refractivity contribution < 1.29 is 4.79 Å². The maximum absolute atomic E-state index is 12.5. The molecule has 19 heavy (non-hydrogen) atoms. The summed E-state index contributed by atoms with van der Waals surface area (Å²) in [6, 6.07) is 5.89. The fourth-order valence-corrected chi connectivity index (χ4v) is 2.41. The van der Waals surface area contributed by atoms with Gasteiger partial charge in [0, 0.05) is 13.0 Å². The van der Waals surface area contributed by atoms with Gasteiger partial charge < -0.3 is 10.6 Å². The number of hydrogen-bond acceptors (Lipinski definition) is 2. The van der Waals surface area contributed by atoms with Crippen LogP contribution in [0.3, 0.4) is 0 Å². The second kappa shape index (κ2) is 4.87. The summed E-state index contributed by atoms with van der Waals surface area (Å²) in [6.07, 6.45) is 1.49. The number of anilines is 2. The van der Waals surface area contributed by atoms with E-state index in [2.05, 4.69) is 33.8 Å². The monoisotopic (exact) mass is 260 g/mol. The van der Waals surface area contributed by atoms with E-state index in [0.717, 1.165) is 18.7 Å². The van der Waals surface area contributed by atoms with Crippen molar-refractivity contribution in [1.29, 1.82) is 0 Å². The van der Waals surface area contributed by atoms with Crippen molar-refractivity contribution in [3.05, 3.63) is 23.8 Å². The van der Waals surface area contributed by atoms with Crippen molar-refractivity contribution in [2.75, 3.05) is 17.2 Å². The van der Waals surface area contributed by atoms with Gasteiger partial charge >= 0.3 is 0 Å². The van der Waals surface area contributed by atoms with Crippen LogP contribution in [-0.4, -0.2) is 12.5 Å². The van der Waals surface area contributed by atoms with E-state index in [1.54, 1.807) is 0 Å². The normalized spacial score (nSPS) is 16.3. The number of fused-ring (bicyclic) bond motifs is 1. The second-order valence-corrected chi connectivity index (χ2v) is 6.62. The molecule has 0 aromatic heterocycles. The molecular weight excluding hydrogens is 236 g/mol. The first-order valence-electron chi connectivity index (χ1n) is 6.98. The molecule has 2 rings (SSSR count). The molecule has 0 aliphatic carbocycles. The van der Waals surface area contributed by atoms with E-state index in [9.17, 15) is 4.79 Å². The molecule has 1 aliphatic rings. The predicted molar refractivity (Wildman–Crippen MR) is 80.1 cm³/mol. The molecule has 1 amide bonds. The maximum atomic E-state index is 12.5. The van der Waals surface area contributed by atoms with Crippen LogP contribution >= 0.6 is 0 Å². The smallest absolute Gasteiger partial charge is 0.227 e. The zero-order valence-corrected chi connectivity index (χ0v) is 12.4. The van der Waals surface area contributed by atoms with E-state index in [-0.39, 0.29) is 11.3 Å². The van der Waals surface area contributed by atoms with Gasteiger partial charge in [-0.3, -0.25) is 4.79 Å². The maximum Gasteiger partial charge on any atom is 0.227 e. The van der Waals surface area contributed by atoms with Gasteiger partial charge in [-0.1, -0.05) is 39.8 Å². The van der Waals surface area contributed by atoms with Crippen LogP contribution in [0.1, 0.15) is 39.7 Å². The number of nitrogens with zero attached hydrogens (tertiary/aromatic N) is 1. The van der Waals surface area contributed by atoms with E-state index in [4.69, 9.17) is 5.73 Å². The van der Waals surface area contributed by atoms with E-state index in [1.807, 2.05) is 17.0 Å². The number of amides is 1. The topological polar surface area (TPSA) is 46.3 Å². The predicted octanol–water partition coefficient (Wildman–Crippen LogP) is 3.23. The Bertz CT molecular complexity index is 488. The third kappa shape index (κ3) is 2.75. The molecule has 2 N–H and O–H groups in total. The lowest BCUT2D eigenvalue weighted by atomic mass is 9.80. The Labute approximate surface area is 115 Å². The molecule has 1 aromatic carbocycles. The van der Waals surface area contributed by atoms with Gasteiger partial charge in [-0.25, -0.2) is 0 Å². The number of rotatable bonds is 2. The van der Waals surface area contributed by atoms with Gasteiger partial charge in [0.25, 0.3) is 0 Å². The SMILES string of the molecule is CC(CC(=O)N1CCc2cccc(N)c21)C(C)(C)C. The van der Waals surface area contributed by atoms with Gasteiger partial charge in [0.05, 0.1) is 11.4 Å². The molecule has 0 saturated carbocycles. The summed E-state index contributed by atoms with van der Waals surface area (Å²) < 4.78 is 0. The van der Waals surface area contributed by atoms with Crippen LogP contribution in [0, 0.1) is 11.3 Å². The molecule has 0 bridgehead atoms. The number of carbonyl (C=O) groups excluding carboxylic acids is 1. The molecule has 1 aliphatic heterocycles. The van der Waals surface area contributed by atoms with Crippen molar-refractivity contribution in [2.24, 2.45) is 11.3 Å². The largest absolute Gasteiger partial charge is 0.397 e. The number of benzene rings is 1. The summed E-state index contributed by atoms with van der Waals surface area (Å²) in [5.41, 5.74) is 9.02. The third-order valence-electron chi connectivity index (χ3n) is 4.29. The van der Waals surface area contributed by atoms with Gasteiger partial charge in [-0.05, 0) is 29.4 Å². The van der Waals surface area contributed by atoms with Crippen molar-refractivity contribution in [2.45, 2.75) is 40.5 Å². The van der Waals surface area contributed by atoms with Gasteiger partial charge in [-0.15, -0.1) is 0 Å². The Kier molecular flexibility index (Phi) is 3.57. The Morgan fingerprint density at radius 3 is 2.74 bits per heavy atom. The fourth-order valence-electron chi connectivity index (χ4n) is 2.41. The van der Waals surface area contributed by atoms with E-state index in [1.165, 1.54) is 5.56 Å². The summed E-state index contributed by atoms with van der Waals surface area (Å²) >= 11 is 0. The van der Waals surface area contributed by atoms with Crippen LogP contribution in [0.25, 0.3) is 0 Å². The lowest BCUT2D eigenvalue weighted by molar-refractivity contribution is -0.120. The van der Waals surface area contributed by atoms with E-state index >= 15 is 0 Å². The zero-order chi connectivity index (χ0) is 14.2. The van der Waals surface area contributed by atoms with Gasteiger partial charge in [0.1, 0.15) is 0 Å². The fraction of sp³-hybridized carbons (Fsp3) is 0.562.